The number of carboxylic acids is 1. The van der Waals surface area contributed by atoms with Crippen LogP contribution < -0.4 is 0 Å². The van der Waals surface area contributed by atoms with Gasteiger partial charge in [0.25, 0.3) is 0 Å². The normalized spacial score (nSPS) is 16.6. The van der Waals surface area contributed by atoms with Gasteiger partial charge in [-0.25, -0.2) is 4.79 Å². The van der Waals surface area contributed by atoms with Crippen LogP contribution >= 0.6 is 0 Å². The minimum Gasteiger partial charge on any atom is -0.478 e. The molecule has 0 saturated heterocycles. The first kappa shape index (κ1) is 13.5. The molecule has 2 rings (SSSR count). The Morgan fingerprint density at radius 3 is 2.21 bits per heavy atom. The topological polar surface area (TPSA) is 54.4 Å². The number of carboxylic acid groups (broad SMARTS) is 1. The summed E-state index contributed by atoms with van der Waals surface area (Å²) in [6, 6.07) is 7.58. The second kappa shape index (κ2) is 6.32. The summed E-state index contributed by atoms with van der Waals surface area (Å²) in [5, 5.41) is 8.48. The maximum atomic E-state index is 11.7. The van der Waals surface area contributed by atoms with Gasteiger partial charge in [0.1, 0.15) is 0 Å². The van der Waals surface area contributed by atoms with Crippen molar-refractivity contribution in [3.63, 3.8) is 0 Å². The Balaban J connectivity index is 2.05. The van der Waals surface area contributed by atoms with Gasteiger partial charge in [0.05, 0.1) is 0 Å². The fraction of sp³-hybridized carbons (Fsp3) is 0.375. The number of aliphatic carboxylic acids is 1. The fourth-order valence-electron chi connectivity index (χ4n) is 2.60. The molecule has 0 aliphatic heterocycles. The summed E-state index contributed by atoms with van der Waals surface area (Å²) in [5.74, 6) is -0.753. The molecule has 0 amide bonds. The second-order valence-electron chi connectivity index (χ2n) is 4.99. The van der Waals surface area contributed by atoms with Crippen LogP contribution in [0.3, 0.4) is 0 Å². The van der Waals surface area contributed by atoms with E-state index >= 15 is 0 Å². The van der Waals surface area contributed by atoms with E-state index in [0.29, 0.717) is 11.5 Å². The van der Waals surface area contributed by atoms with E-state index in [1.807, 2.05) is 12.1 Å². The highest BCUT2D eigenvalue weighted by Gasteiger charge is 2.15. The van der Waals surface area contributed by atoms with E-state index in [-0.39, 0.29) is 5.78 Å². The lowest BCUT2D eigenvalue weighted by molar-refractivity contribution is -0.131. The van der Waals surface area contributed by atoms with Gasteiger partial charge in [-0.1, -0.05) is 43.5 Å². The molecule has 3 heteroatoms. The number of ketones is 1. The molecule has 0 aromatic heterocycles. The zero-order chi connectivity index (χ0) is 13.7. The molecule has 1 N–H and O–H groups in total. The van der Waals surface area contributed by atoms with Crippen molar-refractivity contribution in [2.45, 2.75) is 38.0 Å². The molecule has 1 aliphatic rings. The molecule has 0 spiro atoms. The Morgan fingerprint density at radius 1 is 1.00 bits per heavy atom. The van der Waals surface area contributed by atoms with Crippen LogP contribution in [0.4, 0.5) is 0 Å². The van der Waals surface area contributed by atoms with E-state index in [4.69, 9.17) is 5.11 Å². The van der Waals surface area contributed by atoms with Gasteiger partial charge in [0.15, 0.2) is 5.78 Å². The minimum absolute atomic E-state index is 0.266. The predicted molar refractivity (Wildman–Crippen MR) is 73.4 cm³/mol. The Bertz CT molecular complexity index is 479. The number of hydrogen-bond donors (Lipinski definition) is 1. The Labute approximate surface area is 113 Å². The number of allylic oxidation sites excluding steroid dienone is 1. The van der Waals surface area contributed by atoms with Crippen LogP contribution in [0.5, 0.6) is 0 Å². The first-order valence-corrected chi connectivity index (χ1v) is 6.72. The molecule has 1 aromatic rings. The van der Waals surface area contributed by atoms with Crippen molar-refractivity contribution in [2.24, 2.45) is 0 Å². The maximum absolute atomic E-state index is 11.7. The van der Waals surface area contributed by atoms with Crippen LogP contribution in [0.25, 0.3) is 0 Å². The molecule has 1 fully saturated rings. The maximum Gasteiger partial charge on any atom is 0.328 e. The Kier molecular flexibility index (Phi) is 4.50. The zero-order valence-corrected chi connectivity index (χ0v) is 10.8. The van der Waals surface area contributed by atoms with Crippen molar-refractivity contribution in [2.75, 3.05) is 0 Å². The molecule has 0 unspecified atom stereocenters. The van der Waals surface area contributed by atoms with E-state index in [2.05, 4.69) is 0 Å². The number of carbonyl (C=O) groups excluding carboxylic acids is 1. The second-order valence-corrected chi connectivity index (χ2v) is 4.99. The monoisotopic (exact) mass is 258 g/mol. The van der Waals surface area contributed by atoms with Crippen molar-refractivity contribution < 1.29 is 14.7 Å². The predicted octanol–water partition coefficient (Wildman–Crippen LogP) is 3.56. The van der Waals surface area contributed by atoms with E-state index in [9.17, 15) is 9.59 Å². The smallest absolute Gasteiger partial charge is 0.328 e. The summed E-state index contributed by atoms with van der Waals surface area (Å²) in [4.78, 5) is 22.0. The lowest BCUT2D eigenvalue weighted by atomic mass is 9.84. The third-order valence-electron chi connectivity index (χ3n) is 3.65. The molecule has 0 atom stereocenters. The van der Waals surface area contributed by atoms with Gasteiger partial charge >= 0.3 is 5.97 Å². The van der Waals surface area contributed by atoms with Gasteiger partial charge in [0, 0.05) is 11.6 Å². The van der Waals surface area contributed by atoms with E-state index in [0.717, 1.165) is 12.2 Å². The standard InChI is InChI=1S/C16H18O3/c17-15(10-11-16(18)19)14-8-6-13(7-9-14)12-4-2-1-3-5-12/h6-12H,1-5H2,(H,18,19)/b11-10-. The molecule has 100 valence electrons. The van der Waals surface area contributed by atoms with Crippen molar-refractivity contribution in [1.82, 2.24) is 0 Å². The number of hydrogen-bond acceptors (Lipinski definition) is 2. The van der Waals surface area contributed by atoms with Gasteiger partial charge in [-0.2, -0.15) is 0 Å². The number of rotatable bonds is 4. The summed E-state index contributed by atoms with van der Waals surface area (Å²) < 4.78 is 0. The summed E-state index contributed by atoms with van der Waals surface area (Å²) in [6.07, 6.45) is 8.32. The van der Waals surface area contributed by atoms with Crippen molar-refractivity contribution in [3.8, 4) is 0 Å². The fourth-order valence-corrected chi connectivity index (χ4v) is 2.60. The van der Waals surface area contributed by atoms with E-state index in [1.54, 1.807) is 12.1 Å². The molecule has 0 bridgehead atoms. The highest BCUT2D eigenvalue weighted by atomic mass is 16.4. The van der Waals surface area contributed by atoms with Gasteiger partial charge in [-0.15, -0.1) is 0 Å². The first-order chi connectivity index (χ1) is 9.16. The van der Waals surface area contributed by atoms with E-state index in [1.165, 1.54) is 37.7 Å². The Hall–Kier alpha value is -1.90. The van der Waals surface area contributed by atoms with Crippen LogP contribution in [0.1, 0.15) is 53.9 Å². The first-order valence-electron chi connectivity index (χ1n) is 6.72. The SMILES string of the molecule is O=C(O)/C=C\C(=O)c1ccc(C2CCCCC2)cc1. The van der Waals surface area contributed by atoms with Crippen molar-refractivity contribution in [1.29, 1.82) is 0 Å². The van der Waals surface area contributed by atoms with Crippen LogP contribution in [0, 0.1) is 0 Å². The summed E-state index contributed by atoms with van der Waals surface area (Å²) in [7, 11) is 0. The van der Waals surface area contributed by atoms with Crippen molar-refractivity contribution >= 4 is 11.8 Å². The molecular formula is C16H18O3. The third-order valence-corrected chi connectivity index (χ3v) is 3.65. The van der Waals surface area contributed by atoms with Crippen LogP contribution in [0.2, 0.25) is 0 Å². The lowest BCUT2D eigenvalue weighted by Crippen LogP contribution is -2.05. The molecule has 19 heavy (non-hydrogen) atoms. The quantitative estimate of drug-likeness (QED) is 0.663. The third kappa shape index (κ3) is 3.78. The lowest BCUT2D eigenvalue weighted by Gasteiger charge is -2.21. The zero-order valence-electron chi connectivity index (χ0n) is 10.8. The Morgan fingerprint density at radius 2 is 1.63 bits per heavy atom. The van der Waals surface area contributed by atoms with Crippen LogP contribution in [0.15, 0.2) is 36.4 Å². The molecule has 1 aliphatic carbocycles. The number of benzene rings is 1. The minimum atomic E-state index is -1.10. The average molecular weight is 258 g/mol. The summed E-state index contributed by atoms with van der Waals surface area (Å²) in [5.41, 5.74) is 1.83. The van der Waals surface area contributed by atoms with Gasteiger partial charge in [-0.05, 0) is 30.4 Å². The van der Waals surface area contributed by atoms with Gasteiger partial charge in [0.2, 0.25) is 0 Å². The highest BCUT2D eigenvalue weighted by molar-refractivity contribution is 6.06. The van der Waals surface area contributed by atoms with Crippen LogP contribution in [-0.4, -0.2) is 16.9 Å². The molecule has 3 nitrogen and oxygen atoms in total. The molecule has 1 aromatic carbocycles. The highest BCUT2D eigenvalue weighted by Crippen LogP contribution is 2.32. The largest absolute Gasteiger partial charge is 0.478 e. The molecular weight excluding hydrogens is 240 g/mol. The van der Waals surface area contributed by atoms with Gasteiger partial charge in [-0.3, -0.25) is 4.79 Å². The molecule has 0 heterocycles. The molecule has 1 saturated carbocycles. The summed E-state index contributed by atoms with van der Waals surface area (Å²) >= 11 is 0. The van der Waals surface area contributed by atoms with E-state index < -0.39 is 5.97 Å². The average Bonchev–Trinajstić information content (AvgIpc) is 2.46. The van der Waals surface area contributed by atoms with Crippen molar-refractivity contribution in [3.05, 3.63) is 47.5 Å². The van der Waals surface area contributed by atoms with Crippen LogP contribution in [-0.2, 0) is 4.79 Å². The number of carbonyl (C=O) groups is 2. The summed E-state index contributed by atoms with van der Waals surface area (Å²) in [6.45, 7) is 0. The molecule has 0 radical (unpaired) electrons. The van der Waals surface area contributed by atoms with Gasteiger partial charge < -0.3 is 5.11 Å².